The Hall–Kier alpha value is -0.740. The van der Waals surface area contributed by atoms with Crippen molar-refractivity contribution in [3.8, 4) is 0 Å². The van der Waals surface area contributed by atoms with Gasteiger partial charge in [0, 0.05) is 17.3 Å². The summed E-state index contributed by atoms with van der Waals surface area (Å²) in [6.07, 6.45) is 3.98. The van der Waals surface area contributed by atoms with E-state index >= 15 is 0 Å². The predicted molar refractivity (Wildman–Crippen MR) is 59.5 cm³/mol. The Kier molecular flexibility index (Phi) is 2.71. The highest BCUT2D eigenvalue weighted by Gasteiger charge is 1.96. The van der Waals surface area contributed by atoms with E-state index in [2.05, 4.69) is 33.5 Å². The summed E-state index contributed by atoms with van der Waals surface area (Å²) in [6.45, 7) is 0.866. The number of thiophene rings is 1. The molecule has 2 nitrogen and oxygen atoms in total. The maximum atomic E-state index is 3.43. The highest BCUT2D eigenvalue weighted by atomic mass is 79.9. The van der Waals surface area contributed by atoms with Crippen LogP contribution in [0.1, 0.15) is 4.88 Å². The van der Waals surface area contributed by atoms with E-state index in [1.165, 1.54) is 8.66 Å². The lowest BCUT2D eigenvalue weighted by Crippen LogP contribution is -2.10. The predicted octanol–water partition coefficient (Wildman–Crippen LogP) is 3.06. The summed E-state index contributed by atoms with van der Waals surface area (Å²) in [6, 6.07) is 8.18. The number of nitrogens with one attached hydrogen (secondary N) is 1. The Morgan fingerprint density at radius 1 is 1.31 bits per heavy atom. The van der Waals surface area contributed by atoms with E-state index in [0.717, 1.165) is 6.54 Å². The van der Waals surface area contributed by atoms with E-state index in [4.69, 9.17) is 0 Å². The molecule has 0 aliphatic carbocycles. The van der Waals surface area contributed by atoms with Gasteiger partial charge in [0.25, 0.3) is 0 Å². The van der Waals surface area contributed by atoms with Gasteiger partial charge in [-0.15, -0.1) is 11.3 Å². The zero-order valence-corrected chi connectivity index (χ0v) is 9.31. The van der Waals surface area contributed by atoms with E-state index < -0.39 is 0 Å². The molecule has 0 aliphatic heterocycles. The molecule has 2 rings (SSSR count). The van der Waals surface area contributed by atoms with Crippen LogP contribution < -0.4 is 5.43 Å². The normalized spacial score (nSPS) is 10.2. The lowest BCUT2D eigenvalue weighted by atomic mass is 10.5. The largest absolute Gasteiger partial charge is 0.321 e. The van der Waals surface area contributed by atoms with Crippen LogP contribution in [0.25, 0.3) is 0 Å². The summed E-state index contributed by atoms with van der Waals surface area (Å²) in [5, 5.41) is 0. The summed E-state index contributed by atoms with van der Waals surface area (Å²) in [5.74, 6) is 0. The zero-order valence-electron chi connectivity index (χ0n) is 6.90. The number of rotatable bonds is 3. The average Bonchev–Trinajstić information content (AvgIpc) is 2.71. The van der Waals surface area contributed by atoms with E-state index in [1.807, 2.05) is 29.2 Å². The molecule has 2 heterocycles. The third kappa shape index (κ3) is 2.35. The van der Waals surface area contributed by atoms with Crippen molar-refractivity contribution in [3.05, 3.63) is 45.3 Å². The maximum absolute atomic E-state index is 3.43. The molecule has 2 aromatic rings. The van der Waals surface area contributed by atoms with E-state index in [1.54, 1.807) is 11.3 Å². The SMILES string of the molecule is Brc1ccc(CNn2cccc2)s1. The van der Waals surface area contributed by atoms with Crippen molar-refractivity contribution in [3.63, 3.8) is 0 Å². The average molecular weight is 257 g/mol. The van der Waals surface area contributed by atoms with E-state index in [9.17, 15) is 0 Å². The third-order valence-corrected chi connectivity index (χ3v) is 3.29. The molecule has 68 valence electrons. The molecule has 0 aromatic carbocycles. The first-order valence-electron chi connectivity index (χ1n) is 3.96. The molecule has 0 unspecified atom stereocenters. The summed E-state index contributed by atoms with van der Waals surface area (Å²) in [5.41, 5.74) is 3.26. The molecular formula is C9H9BrN2S. The number of hydrogen-bond acceptors (Lipinski definition) is 2. The molecule has 0 spiro atoms. The van der Waals surface area contributed by atoms with Crippen LogP contribution in [0.2, 0.25) is 0 Å². The first-order chi connectivity index (χ1) is 6.34. The topological polar surface area (TPSA) is 17.0 Å². The van der Waals surface area contributed by atoms with Gasteiger partial charge < -0.3 is 5.43 Å². The molecule has 2 aromatic heterocycles. The Labute approximate surface area is 89.3 Å². The number of hydrogen-bond donors (Lipinski definition) is 1. The molecule has 0 aliphatic rings. The van der Waals surface area contributed by atoms with E-state index in [-0.39, 0.29) is 0 Å². The van der Waals surface area contributed by atoms with Crippen molar-refractivity contribution in [2.45, 2.75) is 6.54 Å². The first kappa shape index (κ1) is 8.84. The van der Waals surface area contributed by atoms with Gasteiger partial charge in [0.2, 0.25) is 0 Å². The van der Waals surface area contributed by atoms with Crippen LogP contribution in [0.5, 0.6) is 0 Å². The summed E-state index contributed by atoms with van der Waals surface area (Å²) >= 11 is 5.19. The van der Waals surface area contributed by atoms with Crippen molar-refractivity contribution in [1.82, 2.24) is 4.68 Å². The van der Waals surface area contributed by atoms with Crippen LogP contribution in [0.15, 0.2) is 40.4 Å². The first-order valence-corrected chi connectivity index (χ1v) is 5.56. The van der Waals surface area contributed by atoms with Gasteiger partial charge >= 0.3 is 0 Å². The molecule has 0 atom stereocenters. The van der Waals surface area contributed by atoms with Gasteiger partial charge in [-0.2, -0.15) is 0 Å². The van der Waals surface area contributed by atoms with Crippen LogP contribution in [-0.4, -0.2) is 4.68 Å². The van der Waals surface area contributed by atoms with Gasteiger partial charge in [0.05, 0.1) is 10.3 Å². The van der Waals surface area contributed by atoms with Gasteiger partial charge in [-0.25, -0.2) is 0 Å². The second-order valence-corrected chi connectivity index (χ2v) is 5.18. The van der Waals surface area contributed by atoms with Gasteiger partial charge in [-0.1, -0.05) is 0 Å². The fourth-order valence-corrected chi connectivity index (χ4v) is 2.47. The highest BCUT2D eigenvalue weighted by molar-refractivity contribution is 9.11. The molecule has 0 amide bonds. The molecule has 0 saturated carbocycles. The monoisotopic (exact) mass is 256 g/mol. The molecule has 0 fully saturated rings. The van der Waals surface area contributed by atoms with Gasteiger partial charge in [0.15, 0.2) is 0 Å². The second kappa shape index (κ2) is 3.98. The van der Waals surface area contributed by atoms with Crippen molar-refractivity contribution in [1.29, 1.82) is 0 Å². The molecular weight excluding hydrogens is 248 g/mol. The minimum absolute atomic E-state index is 0.866. The zero-order chi connectivity index (χ0) is 9.10. The lowest BCUT2D eigenvalue weighted by molar-refractivity contribution is 0.855. The van der Waals surface area contributed by atoms with Crippen LogP contribution in [0.4, 0.5) is 0 Å². The smallest absolute Gasteiger partial charge is 0.0702 e. The van der Waals surface area contributed by atoms with Crippen LogP contribution >= 0.6 is 27.3 Å². The van der Waals surface area contributed by atoms with Crippen molar-refractivity contribution < 1.29 is 0 Å². The molecule has 13 heavy (non-hydrogen) atoms. The minimum atomic E-state index is 0.866. The third-order valence-electron chi connectivity index (χ3n) is 1.67. The Bertz CT molecular complexity index is 367. The van der Waals surface area contributed by atoms with Crippen molar-refractivity contribution in [2.24, 2.45) is 0 Å². The summed E-state index contributed by atoms with van der Waals surface area (Å²) < 4.78 is 3.13. The van der Waals surface area contributed by atoms with Gasteiger partial charge in [0.1, 0.15) is 0 Å². The Morgan fingerprint density at radius 3 is 2.69 bits per heavy atom. The quantitative estimate of drug-likeness (QED) is 0.894. The van der Waals surface area contributed by atoms with Crippen molar-refractivity contribution in [2.75, 3.05) is 5.43 Å². The van der Waals surface area contributed by atoms with Crippen LogP contribution in [-0.2, 0) is 6.54 Å². The van der Waals surface area contributed by atoms with Crippen molar-refractivity contribution >= 4 is 27.3 Å². The van der Waals surface area contributed by atoms with Crippen LogP contribution in [0.3, 0.4) is 0 Å². The standard InChI is InChI=1S/C9H9BrN2S/c10-9-4-3-8(13-9)7-11-12-5-1-2-6-12/h1-6,11H,7H2. The Balaban J connectivity index is 1.93. The molecule has 0 radical (unpaired) electrons. The molecule has 0 bridgehead atoms. The molecule has 1 N–H and O–H groups in total. The van der Waals surface area contributed by atoms with E-state index in [0.29, 0.717) is 0 Å². The van der Waals surface area contributed by atoms with Crippen LogP contribution in [0, 0.1) is 0 Å². The van der Waals surface area contributed by atoms with Gasteiger partial charge in [-0.05, 0) is 40.2 Å². The maximum Gasteiger partial charge on any atom is 0.0702 e. The minimum Gasteiger partial charge on any atom is -0.321 e. The number of halogens is 1. The number of nitrogens with zero attached hydrogens (tertiary/aromatic N) is 1. The Morgan fingerprint density at radius 2 is 2.08 bits per heavy atom. The number of aromatic nitrogens is 1. The fourth-order valence-electron chi connectivity index (χ4n) is 1.06. The summed E-state index contributed by atoms with van der Waals surface area (Å²) in [7, 11) is 0. The fraction of sp³-hybridized carbons (Fsp3) is 0.111. The lowest BCUT2D eigenvalue weighted by Gasteiger charge is -2.04. The molecule has 0 saturated heterocycles. The summed E-state index contributed by atoms with van der Waals surface area (Å²) in [4.78, 5) is 1.32. The second-order valence-electron chi connectivity index (χ2n) is 2.63. The highest BCUT2D eigenvalue weighted by Crippen LogP contribution is 2.21. The molecule has 4 heteroatoms. The van der Waals surface area contributed by atoms with Gasteiger partial charge in [-0.3, -0.25) is 4.68 Å².